The molecule has 0 saturated carbocycles. The van der Waals surface area contributed by atoms with Crippen molar-refractivity contribution in [3.8, 4) is 0 Å². The highest BCUT2D eigenvalue weighted by Gasteiger charge is 2.38. The summed E-state index contributed by atoms with van der Waals surface area (Å²) < 4.78 is 37.5. The largest absolute Gasteiger partial charge is 0.418 e. The Bertz CT molecular complexity index is 525. The van der Waals surface area contributed by atoms with Crippen LogP contribution in [0, 0.1) is 10.1 Å². The number of rotatable bonds is 2. The minimum absolute atomic E-state index is 0.432. The molecule has 1 aromatic carbocycles. The van der Waals surface area contributed by atoms with E-state index in [0.717, 1.165) is 12.1 Å². The Kier molecular flexibility index (Phi) is 3.59. The number of hydrogen-bond donors (Lipinski definition) is 0. The first-order chi connectivity index (χ1) is 7.79. The van der Waals surface area contributed by atoms with Gasteiger partial charge in [0.05, 0.1) is 10.5 Å². The molecule has 0 unspecified atom stereocenters. The second kappa shape index (κ2) is 4.60. The standard InChI is InChI=1S/C7H2BrF3N4O2/c8-3-1-2-4(15(16)17)6(13-14-12)5(3)7(9,10)11/h1-2H. The molecule has 0 atom stereocenters. The lowest BCUT2D eigenvalue weighted by atomic mass is 10.1. The molecule has 90 valence electrons. The predicted molar refractivity (Wildman–Crippen MR) is 54.6 cm³/mol. The van der Waals surface area contributed by atoms with Gasteiger partial charge in [-0.05, 0) is 11.6 Å². The molecule has 0 spiro atoms. The fraction of sp³-hybridized carbons (Fsp3) is 0.143. The van der Waals surface area contributed by atoms with Gasteiger partial charge in [0.2, 0.25) is 0 Å². The normalized spacial score (nSPS) is 10.8. The quantitative estimate of drug-likeness (QED) is 0.267. The zero-order valence-electron chi connectivity index (χ0n) is 7.77. The second-order valence-electron chi connectivity index (χ2n) is 2.73. The third-order valence-corrected chi connectivity index (χ3v) is 2.39. The summed E-state index contributed by atoms with van der Waals surface area (Å²) in [5.74, 6) is 0. The Morgan fingerprint density at radius 2 is 2.06 bits per heavy atom. The van der Waals surface area contributed by atoms with E-state index in [1.165, 1.54) is 0 Å². The van der Waals surface area contributed by atoms with Gasteiger partial charge >= 0.3 is 6.18 Å². The molecule has 0 aliphatic rings. The van der Waals surface area contributed by atoms with Crippen molar-refractivity contribution in [2.75, 3.05) is 0 Å². The molecule has 0 aromatic heterocycles. The van der Waals surface area contributed by atoms with Crippen LogP contribution in [0.2, 0.25) is 0 Å². The Morgan fingerprint density at radius 1 is 1.47 bits per heavy atom. The number of alkyl halides is 3. The Labute approximate surface area is 99.9 Å². The van der Waals surface area contributed by atoms with Crippen molar-refractivity contribution in [3.63, 3.8) is 0 Å². The van der Waals surface area contributed by atoms with Gasteiger partial charge in [-0.1, -0.05) is 21.0 Å². The molecule has 17 heavy (non-hydrogen) atoms. The predicted octanol–water partition coefficient (Wildman–Crippen LogP) is 4.32. The van der Waals surface area contributed by atoms with Crippen molar-refractivity contribution in [3.05, 3.63) is 42.7 Å². The minimum atomic E-state index is -4.87. The third kappa shape index (κ3) is 2.66. The zero-order chi connectivity index (χ0) is 13.2. The number of benzene rings is 1. The second-order valence-corrected chi connectivity index (χ2v) is 3.59. The van der Waals surface area contributed by atoms with E-state index in [1.54, 1.807) is 0 Å². The number of azide groups is 1. The number of halogens is 4. The molecule has 0 heterocycles. The van der Waals surface area contributed by atoms with Gasteiger partial charge in [-0.2, -0.15) is 13.2 Å². The van der Waals surface area contributed by atoms with Crippen LogP contribution in [0.3, 0.4) is 0 Å². The van der Waals surface area contributed by atoms with Crippen molar-refractivity contribution < 1.29 is 18.1 Å². The lowest BCUT2D eigenvalue weighted by molar-refractivity contribution is -0.384. The average molecular weight is 311 g/mol. The van der Waals surface area contributed by atoms with Crippen LogP contribution >= 0.6 is 15.9 Å². The molecule has 0 saturated heterocycles. The van der Waals surface area contributed by atoms with Gasteiger partial charge < -0.3 is 0 Å². The Morgan fingerprint density at radius 3 is 2.47 bits per heavy atom. The summed E-state index contributed by atoms with van der Waals surface area (Å²) in [4.78, 5) is 11.6. The highest BCUT2D eigenvalue weighted by molar-refractivity contribution is 9.10. The fourth-order valence-corrected chi connectivity index (χ4v) is 1.66. The van der Waals surface area contributed by atoms with Crippen LogP contribution < -0.4 is 0 Å². The molecule has 0 radical (unpaired) electrons. The molecule has 1 rings (SSSR count). The molecule has 0 N–H and O–H groups in total. The highest BCUT2D eigenvalue weighted by Crippen LogP contribution is 2.45. The van der Waals surface area contributed by atoms with Crippen LogP contribution in [0.1, 0.15) is 5.56 Å². The van der Waals surface area contributed by atoms with Gasteiger partial charge in [-0.3, -0.25) is 10.1 Å². The van der Waals surface area contributed by atoms with Crippen LogP contribution in [0.25, 0.3) is 10.4 Å². The van der Waals surface area contributed by atoms with Gasteiger partial charge in [0.25, 0.3) is 5.69 Å². The van der Waals surface area contributed by atoms with Crippen LogP contribution in [-0.4, -0.2) is 4.92 Å². The summed E-state index contributed by atoms with van der Waals surface area (Å²) in [5, 5.41) is 13.3. The van der Waals surface area contributed by atoms with Crippen molar-refractivity contribution in [1.29, 1.82) is 0 Å². The van der Waals surface area contributed by atoms with Crippen molar-refractivity contribution in [1.82, 2.24) is 0 Å². The molecule has 0 amide bonds. The summed E-state index contributed by atoms with van der Waals surface area (Å²) in [6, 6.07) is 1.70. The van der Waals surface area contributed by atoms with E-state index in [-0.39, 0.29) is 0 Å². The first-order valence-corrected chi connectivity index (χ1v) is 4.67. The van der Waals surface area contributed by atoms with Gasteiger partial charge in [0.1, 0.15) is 5.69 Å². The Hall–Kier alpha value is -1.80. The van der Waals surface area contributed by atoms with Gasteiger partial charge in [0.15, 0.2) is 0 Å². The maximum Gasteiger partial charge on any atom is 0.418 e. The summed E-state index contributed by atoms with van der Waals surface area (Å²) in [7, 11) is 0. The molecule has 0 aliphatic carbocycles. The molecule has 10 heteroatoms. The van der Waals surface area contributed by atoms with Crippen molar-refractivity contribution in [2.45, 2.75) is 6.18 Å². The fourth-order valence-electron chi connectivity index (χ4n) is 1.12. The van der Waals surface area contributed by atoms with E-state index in [9.17, 15) is 23.3 Å². The topological polar surface area (TPSA) is 91.9 Å². The number of hydrogen-bond acceptors (Lipinski definition) is 3. The van der Waals surface area contributed by atoms with Gasteiger partial charge in [-0.25, -0.2) is 0 Å². The van der Waals surface area contributed by atoms with E-state index in [1.807, 2.05) is 0 Å². The van der Waals surface area contributed by atoms with Crippen LogP contribution in [0.15, 0.2) is 21.7 Å². The van der Waals surface area contributed by atoms with Gasteiger partial charge in [-0.15, -0.1) is 0 Å². The average Bonchev–Trinajstić information content (AvgIpc) is 2.15. The molecule has 6 nitrogen and oxygen atoms in total. The number of nitro groups is 1. The van der Waals surface area contributed by atoms with E-state index >= 15 is 0 Å². The first-order valence-electron chi connectivity index (χ1n) is 3.88. The zero-order valence-corrected chi connectivity index (χ0v) is 9.36. The monoisotopic (exact) mass is 310 g/mol. The Balaban J connectivity index is 3.72. The summed E-state index contributed by atoms with van der Waals surface area (Å²) in [5.41, 5.74) is 4.83. The molecular weight excluding hydrogens is 309 g/mol. The van der Waals surface area contributed by atoms with Crippen molar-refractivity contribution in [2.24, 2.45) is 5.11 Å². The molecular formula is C7H2BrF3N4O2. The molecule has 0 aliphatic heterocycles. The SMILES string of the molecule is [N-]=[N+]=Nc1c([N+](=O)[O-])ccc(Br)c1C(F)(F)F. The number of nitro benzene ring substituents is 1. The molecule has 0 bridgehead atoms. The third-order valence-electron chi connectivity index (χ3n) is 1.73. The summed E-state index contributed by atoms with van der Waals surface area (Å²) in [6.45, 7) is 0. The van der Waals surface area contributed by atoms with E-state index in [0.29, 0.717) is 0 Å². The van der Waals surface area contributed by atoms with Crippen LogP contribution in [0.4, 0.5) is 24.5 Å². The highest BCUT2D eigenvalue weighted by atomic mass is 79.9. The van der Waals surface area contributed by atoms with Crippen LogP contribution in [-0.2, 0) is 6.18 Å². The van der Waals surface area contributed by atoms with Crippen LogP contribution in [0.5, 0.6) is 0 Å². The maximum absolute atomic E-state index is 12.6. The van der Waals surface area contributed by atoms with Gasteiger partial charge in [0, 0.05) is 15.5 Å². The lowest BCUT2D eigenvalue weighted by Crippen LogP contribution is -2.07. The molecule has 0 fully saturated rings. The summed E-state index contributed by atoms with van der Waals surface area (Å²) >= 11 is 2.61. The van der Waals surface area contributed by atoms with Crippen molar-refractivity contribution >= 4 is 27.3 Å². The first kappa shape index (κ1) is 13.3. The lowest BCUT2D eigenvalue weighted by Gasteiger charge is -2.11. The summed E-state index contributed by atoms with van der Waals surface area (Å²) in [6.07, 6.45) is -4.87. The number of nitrogens with zero attached hydrogens (tertiary/aromatic N) is 4. The van der Waals surface area contributed by atoms with E-state index < -0.39 is 32.5 Å². The van der Waals surface area contributed by atoms with E-state index in [4.69, 9.17) is 5.53 Å². The molecule has 1 aromatic rings. The maximum atomic E-state index is 12.6. The smallest absolute Gasteiger partial charge is 0.258 e. The van der Waals surface area contributed by atoms with E-state index in [2.05, 4.69) is 26.0 Å². The minimum Gasteiger partial charge on any atom is -0.258 e.